The van der Waals surface area contributed by atoms with E-state index < -0.39 is 0 Å². The van der Waals surface area contributed by atoms with Crippen LogP contribution in [-0.2, 0) is 4.74 Å². The molecule has 19 heavy (non-hydrogen) atoms. The Morgan fingerprint density at radius 2 is 2.32 bits per heavy atom. The monoisotopic (exact) mass is 323 g/mol. The molecule has 1 atom stereocenters. The fourth-order valence-corrected chi connectivity index (χ4v) is 2.28. The molecule has 102 valence electrons. The van der Waals surface area contributed by atoms with E-state index in [0.717, 1.165) is 34.2 Å². The second-order valence-electron chi connectivity index (χ2n) is 4.40. The van der Waals surface area contributed by atoms with Gasteiger partial charge in [-0.05, 0) is 44.2 Å². The summed E-state index contributed by atoms with van der Waals surface area (Å²) in [7, 11) is 0. The van der Waals surface area contributed by atoms with Gasteiger partial charge in [0.2, 0.25) is 0 Å². The van der Waals surface area contributed by atoms with Crippen molar-refractivity contribution in [2.45, 2.75) is 19.4 Å². The van der Waals surface area contributed by atoms with Crippen molar-refractivity contribution < 1.29 is 9.15 Å². The first-order chi connectivity index (χ1) is 9.20. The summed E-state index contributed by atoms with van der Waals surface area (Å²) in [6.07, 6.45) is 2.42. The maximum absolute atomic E-state index is 5.83. The van der Waals surface area contributed by atoms with E-state index in [-0.39, 0.29) is 6.04 Å². The summed E-state index contributed by atoms with van der Waals surface area (Å²) in [4.78, 5) is 0. The molecule has 0 radical (unpaired) electrons. The van der Waals surface area contributed by atoms with Gasteiger partial charge in [0.25, 0.3) is 0 Å². The van der Waals surface area contributed by atoms with Crippen molar-refractivity contribution >= 4 is 26.9 Å². The highest BCUT2D eigenvalue weighted by Gasteiger charge is 2.10. The standard InChI is InChI=1S/C15H18BrNO2/c1-3-18-8-4-7-17-11(2)15-10-12-9-13(16)5-6-14(12)19-15/h3,5-6,9-11,17H,1,4,7-8H2,2H3. The number of rotatable bonds is 7. The first-order valence-electron chi connectivity index (χ1n) is 6.35. The van der Waals surface area contributed by atoms with Gasteiger partial charge in [0.05, 0.1) is 18.9 Å². The summed E-state index contributed by atoms with van der Waals surface area (Å²) < 4.78 is 12.0. The zero-order chi connectivity index (χ0) is 13.7. The Hall–Kier alpha value is -1.26. The molecule has 0 aliphatic rings. The molecule has 1 heterocycles. The van der Waals surface area contributed by atoms with Gasteiger partial charge in [0.15, 0.2) is 0 Å². The molecule has 0 spiro atoms. The summed E-state index contributed by atoms with van der Waals surface area (Å²) in [6, 6.07) is 8.30. The van der Waals surface area contributed by atoms with Gasteiger partial charge in [-0.15, -0.1) is 0 Å². The van der Waals surface area contributed by atoms with Gasteiger partial charge in [-0.25, -0.2) is 0 Å². The molecule has 1 aromatic heterocycles. The first-order valence-corrected chi connectivity index (χ1v) is 7.15. The third kappa shape index (κ3) is 3.85. The van der Waals surface area contributed by atoms with Gasteiger partial charge in [0.1, 0.15) is 11.3 Å². The minimum absolute atomic E-state index is 0.190. The summed E-state index contributed by atoms with van der Waals surface area (Å²) in [6.45, 7) is 7.18. The predicted molar refractivity (Wildman–Crippen MR) is 81.1 cm³/mol. The van der Waals surface area contributed by atoms with E-state index in [0.29, 0.717) is 6.61 Å². The number of hydrogen-bond donors (Lipinski definition) is 1. The molecule has 0 aliphatic carbocycles. The summed E-state index contributed by atoms with van der Waals surface area (Å²) in [5, 5.41) is 4.53. The largest absolute Gasteiger partial charge is 0.502 e. The van der Waals surface area contributed by atoms with Crippen LogP contribution in [-0.4, -0.2) is 13.2 Å². The lowest BCUT2D eigenvalue weighted by atomic mass is 10.2. The maximum Gasteiger partial charge on any atom is 0.134 e. The number of fused-ring (bicyclic) bond motifs is 1. The Balaban J connectivity index is 1.93. The first kappa shape index (κ1) is 14.2. The van der Waals surface area contributed by atoms with Crippen LogP contribution < -0.4 is 5.32 Å². The molecule has 0 saturated carbocycles. The Morgan fingerprint density at radius 1 is 1.47 bits per heavy atom. The molecule has 0 fully saturated rings. The van der Waals surface area contributed by atoms with Gasteiger partial charge in [-0.2, -0.15) is 0 Å². The number of nitrogens with one attached hydrogen (secondary N) is 1. The zero-order valence-electron chi connectivity index (χ0n) is 11.0. The number of ether oxygens (including phenoxy) is 1. The molecule has 1 N–H and O–H groups in total. The predicted octanol–water partition coefficient (Wildman–Crippen LogP) is 4.40. The molecule has 4 heteroatoms. The minimum atomic E-state index is 0.190. The molecule has 0 saturated heterocycles. The average Bonchev–Trinajstić information content (AvgIpc) is 2.81. The maximum atomic E-state index is 5.83. The van der Waals surface area contributed by atoms with Gasteiger partial charge in [0, 0.05) is 9.86 Å². The van der Waals surface area contributed by atoms with Crippen molar-refractivity contribution in [2.75, 3.05) is 13.2 Å². The Morgan fingerprint density at radius 3 is 3.11 bits per heavy atom. The fraction of sp³-hybridized carbons (Fsp3) is 0.333. The third-order valence-corrected chi connectivity index (χ3v) is 3.42. The molecule has 2 rings (SSSR count). The van der Waals surface area contributed by atoms with Gasteiger partial charge in [-0.3, -0.25) is 0 Å². The fourth-order valence-electron chi connectivity index (χ4n) is 1.91. The highest BCUT2D eigenvalue weighted by Crippen LogP contribution is 2.26. The van der Waals surface area contributed by atoms with Gasteiger partial charge < -0.3 is 14.5 Å². The van der Waals surface area contributed by atoms with Crippen LogP contribution in [0.2, 0.25) is 0 Å². The Bertz CT molecular complexity index is 550. The van der Waals surface area contributed by atoms with E-state index in [9.17, 15) is 0 Å². The van der Waals surface area contributed by atoms with E-state index in [1.807, 2.05) is 12.1 Å². The van der Waals surface area contributed by atoms with Crippen LogP contribution in [0.4, 0.5) is 0 Å². The lowest BCUT2D eigenvalue weighted by Gasteiger charge is -2.10. The SMILES string of the molecule is C=COCCCNC(C)c1cc2cc(Br)ccc2o1. The molecule has 1 aromatic carbocycles. The molecule has 2 aromatic rings. The second-order valence-corrected chi connectivity index (χ2v) is 5.31. The average molecular weight is 324 g/mol. The molecule has 1 unspecified atom stereocenters. The highest BCUT2D eigenvalue weighted by molar-refractivity contribution is 9.10. The summed E-state index contributed by atoms with van der Waals surface area (Å²) in [5.41, 5.74) is 0.918. The van der Waals surface area contributed by atoms with E-state index in [4.69, 9.17) is 9.15 Å². The van der Waals surface area contributed by atoms with E-state index >= 15 is 0 Å². The number of benzene rings is 1. The van der Waals surface area contributed by atoms with Crippen molar-refractivity contribution in [3.05, 3.63) is 47.3 Å². The number of furan rings is 1. The van der Waals surface area contributed by atoms with Crippen molar-refractivity contribution in [1.82, 2.24) is 5.32 Å². The highest BCUT2D eigenvalue weighted by atomic mass is 79.9. The van der Waals surface area contributed by atoms with Crippen molar-refractivity contribution in [3.8, 4) is 0 Å². The van der Waals surface area contributed by atoms with Crippen molar-refractivity contribution in [1.29, 1.82) is 0 Å². The Kier molecular flexibility index (Phi) is 5.05. The normalized spacial score (nSPS) is 12.5. The van der Waals surface area contributed by atoms with Gasteiger partial charge >= 0.3 is 0 Å². The zero-order valence-corrected chi connectivity index (χ0v) is 12.6. The summed E-state index contributed by atoms with van der Waals surface area (Å²) >= 11 is 3.47. The number of hydrogen-bond acceptors (Lipinski definition) is 3. The van der Waals surface area contributed by atoms with E-state index in [2.05, 4.69) is 46.9 Å². The molecule has 0 amide bonds. The third-order valence-electron chi connectivity index (χ3n) is 2.93. The second kappa shape index (κ2) is 6.78. The molecule has 0 aliphatic heterocycles. The van der Waals surface area contributed by atoms with Crippen molar-refractivity contribution in [2.24, 2.45) is 0 Å². The lowest BCUT2D eigenvalue weighted by molar-refractivity contribution is 0.242. The van der Waals surface area contributed by atoms with E-state index in [1.165, 1.54) is 6.26 Å². The van der Waals surface area contributed by atoms with Crippen LogP contribution in [0.1, 0.15) is 25.1 Å². The quantitative estimate of drug-likeness (QED) is 0.606. The van der Waals surface area contributed by atoms with Gasteiger partial charge in [-0.1, -0.05) is 22.5 Å². The summed E-state index contributed by atoms with van der Waals surface area (Å²) in [5.74, 6) is 0.956. The van der Waals surface area contributed by atoms with Crippen LogP contribution in [0.15, 0.2) is 46.0 Å². The lowest BCUT2D eigenvalue weighted by Crippen LogP contribution is -2.20. The molecule has 3 nitrogen and oxygen atoms in total. The van der Waals surface area contributed by atoms with Crippen LogP contribution in [0.5, 0.6) is 0 Å². The molecular weight excluding hydrogens is 306 g/mol. The number of halogens is 1. The van der Waals surface area contributed by atoms with Crippen LogP contribution in [0, 0.1) is 0 Å². The minimum Gasteiger partial charge on any atom is -0.502 e. The van der Waals surface area contributed by atoms with Crippen LogP contribution in [0.25, 0.3) is 11.0 Å². The van der Waals surface area contributed by atoms with Crippen LogP contribution in [0.3, 0.4) is 0 Å². The topological polar surface area (TPSA) is 34.4 Å². The van der Waals surface area contributed by atoms with Crippen molar-refractivity contribution in [3.63, 3.8) is 0 Å². The van der Waals surface area contributed by atoms with E-state index in [1.54, 1.807) is 0 Å². The molecule has 0 bridgehead atoms. The Labute approximate surface area is 121 Å². The smallest absolute Gasteiger partial charge is 0.134 e. The molecular formula is C15H18BrNO2. The van der Waals surface area contributed by atoms with Crippen LogP contribution >= 0.6 is 15.9 Å².